The number of aryl methyl sites for hydroxylation is 1. The number of carbonyl (C=O) groups is 2. The average molecular weight is 508 g/mol. The molecule has 158 valence electrons. The molecule has 0 saturated heterocycles. The number of allylic oxidation sites excluding steroid dienone is 2. The van der Waals surface area contributed by atoms with E-state index in [1.54, 1.807) is 13.0 Å². The van der Waals surface area contributed by atoms with E-state index in [4.69, 9.17) is 0 Å². The average Bonchev–Trinajstić information content (AvgIpc) is 2.75. The van der Waals surface area contributed by atoms with Crippen molar-refractivity contribution in [3.05, 3.63) is 70.8 Å². The Morgan fingerprint density at radius 3 is 2.48 bits per heavy atom. The van der Waals surface area contributed by atoms with Gasteiger partial charge < -0.3 is 4.90 Å². The number of carbonyl (C=O) groups excluding carboxylic acids is 2. The molecule has 3 rings (SSSR count). The topological polar surface area (TPSA) is 37.4 Å². The van der Waals surface area contributed by atoms with Gasteiger partial charge in [0.05, 0.1) is 5.69 Å². The molecule has 0 spiro atoms. The fourth-order valence-corrected chi connectivity index (χ4v) is 3.40. The maximum atomic E-state index is 14.9. The summed E-state index contributed by atoms with van der Waals surface area (Å²) >= 11 is 0. The molecule has 9 heteroatoms. The van der Waals surface area contributed by atoms with E-state index in [0.717, 1.165) is 30.0 Å². The molecule has 1 aliphatic heterocycles. The van der Waals surface area contributed by atoms with Gasteiger partial charge in [-0.15, -0.1) is 0 Å². The van der Waals surface area contributed by atoms with Crippen LogP contribution in [0.4, 0.5) is 27.6 Å². The third-order valence-electron chi connectivity index (χ3n) is 4.77. The van der Waals surface area contributed by atoms with Crippen LogP contribution in [0.3, 0.4) is 0 Å². The molecule has 0 fully saturated rings. The zero-order valence-corrected chi connectivity index (χ0v) is 22.0. The first-order chi connectivity index (χ1) is 13.9. The van der Waals surface area contributed by atoms with Gasteiger partial charge in [-0.3, -0.25) is 9.59 Å². The third-order valence-corrected chi connectivity index (χ3v) is 4.77. The van der Waals surface area contributed by atoms with Gasteiger partial charge in [0.2, 0.25) is 5.91 Å². The minimum absolute atomic E-state index is 0. The van der Waals surface area contributed by atoms with Crippen molar-refractivity contribution < 1.29 is 89.7 Å². The van der Waals surface area contributed by atoms with Gasteiger partial charge in [0.1, 0.15) is 0 Å². The van der Waals surface area contributed by atoms with Crippen LogP contribution in [0.5, 0.6) is 0 Å². The van der Waals surface area contributed by atoms with Gasteiger partial charge in [0, 0.05) is 24.1 Å². The van der Waals surface area contributed by atoms with Crippen molar-refractivity contribution in [2.75, 3.05) is 11.4 Å². The summed E-state index contributed by atoms with van der Waals surface area (Å²) in [7, 11) is 0. The predicted molar refractivity (Wildman–Crippen MR) is 101 cm³/mol. The first-order valence-electron chi connectivity index (χ1n) is 9.02. The number of hydrogen-bond acceptors (Lipinski definition) is 2. The molecule has 3 nitrogen and oxygen atoms in total. The molecule has 2 aromatic carbocycles. The molecule has 0 N–H and O–H groups in total. The van der Waals surface area contributed by atoms with Crippen molar-refractivity contribution in [1.29, 1.82) is 0 Å². The number of rotatable bonds is 2. The fourth-order valence-electron chi connectivity index (χ4n) is 3.40. The number of benzene rings is 2. The fraction of sp³-hybridized carbons (Fsp3) is 0.273. The van der Waals surface area contributed by atoms with Gasteiger partial charge in [-0.1, -0.05) is 17.2 Å². The van der Waals surface area contributed by atoms with E-state index >= 15 is 0 Å². The molecule has 0 saturated carbocycles. The van der Waals surface area contributed by atoms with Crippen LogP contribution in [0.25, 0.3) is 5.57 Å². The minimum Gasteiger partial charge on any atom is -0.309 e. The second-order valence-corrected chi connectivity index (χ2v) is 7.07. The van der Waals surface area contributed by atoms with E-state index in [1.807, 2.05) is 0 Å². The summed E-state index contributed by atoms with van der Waals surface area (Å²) in [5.41, 5.74) is -1.84. The van der Waals surface area contributed by atoms with Gasteiger partial charge in [-0.05, 0) is 37.6 Å². The summed E-state index contributed by atoms with van der Waals surface area (Å²) in [4.78, 5) is 25.6. The van der Waals surface area contributed by atoms with Crippen molar-refractivity contribution in [2.45, 2.75) is 32.4 Å². The van der Waals surface area contributed by atoms with Crippen LogP contribution in [-0.4, -0.2) is 24.2 Å². The molecular weight excluding hydrogens is 491 g/mol. The molecule has 0 bridgehead atoms. The first-order valence-corrected chi connectivity index (χ1v) is 9.02. The SMILES string of the molecule is CC(=O)/C=C1/c2cc(C)ccc2N(C(=O)c2cc[c-]cc2C(F)(F)F)CCC1(F)F.[Rb+]. The summed E-state index contributed by atoms with van der Waals surface area (Å²) in [5.74, 6) is -5.10. The number of alkyl halides is 5. The summed E-state index contributed by atoms with van der Waals surface area (Å²) in [6.45, 7) is 2.26. The van der Waals surface area contributed by atoms with E-state index in [-0.39, 0.29) is 69.4 Å². The van der Waals surface area contributed by atoms with Crippen LogP contribution in [0.1, 0.15) is 40.4 Å². The Balaban J connectivity index is 0.00000341. The number of fused-ring (bicyclic) bond motifs is 1. The Morgan fingerprint density at radius 1 is 1.19 bits per heavy atom. The molecule has 1 heterocycles. The Hall–Kier alpha value is -1.22. The number of nitrogens with zero attached hydrogens (tertiary/aromatic N) is 1. The normalized spacial score (nSPS) is 16.9. The van der Waals surface area contributed by atoms with Gasteiger partial charge in [0.15, 0.2) is 5.78 Å². The quantitative estimate of drug-likeness (QED) is 0.356. The molecule has 0 atom stereocenters. The first kappa shape index (κ1) is 26.0. The van der Waals surface area contributed by atoms with Crippen LogP contribution in [0.15, 0.2) is 42.5 Å². The molecule has 2 aromatic rings. The zero-order chi connectivity index (χ0) is 22.3. The summed E-state index contributed by atoms with van der Waals surface area (Å²) < 4.78 is 69.9. The van der Waals surface area contributed by atoms with E-state index < -0.39 is 53.5 Å². The second kappa shape index (κ2) is 9.73. The third kappa shape index (κ3) is 5.59. The summed E-state index contributed by atoms with van der Waals surface area (Å²) in [6, 6.07) is 9.43. The Labute approximate surface area is 225 Å². The Bertz CT molecular complexity index is 1050. The van der Waals surface area contributed by atoms with Crippen molar-refractivity contribution in [3.63, 3.8) is 0 Å². The summed E-state index contributed by atoms with van der Waals surface area (Å²) in [6.07, 6.45) is -4.84. The van der Waals surface area contributed by atoms with Crippen molar-refractivity contribution in [1.82, 2.24) is 0 Å². The van der Waals surface area contributed by atoms with E-state index in [1.165, 1.54) is 12.1 Å². The van der Waals surface area contributed by atoms with Crippen LogP contribution in [-0.2, 0) is 11.0 Å². The maximum absolute atomic E-state index is 14.9. The van der Waals surface area contributed by atoms with Crippen molar-refractivity contribution in [2.24, 2.45) is 0 Å². The molecule has 0 radical (unpaired) electrons. The number of halogens is 5. The molecule has 0 aromatic heterocycles. The van der Waals surface area contributed by atoms with Crippen LogP contribution >= 0.6 is 0 Å². The molecule has 1 amide bonds. The minimum atomic E-state index is -4.81. The van der Waals surface area contributed by atoms with Gasteiger partial charge in [-0.25, -0.2) is 8.78 Å². The van der Waals surface area contributed by atoms with E-state index in [9.17, 15) is 31.5 Å². The monoisotopic (exact) mass is 507 g/mol. The zero-order valence-electron chi connectivity index (χ0n) is 17.1. The Kier molecular flexibility index (Phi) is 8.17. The Morgan fingerprint density at radius 2 is 1.87 bits per heavy atom. The predicted octanol–water partition coefficient (Wildman–Crippen LogP) is 2.48. The number of amides is 1. The number of ketones is 1. The molecular formula is C22H17F5NO2Rb. The molecule has 31 heavy (non-hydrogen) atoms. The van der Waals surface area contributed by atoms with Gasteiger partial charge in [0.25, 0.3) is 5.92 Å². The van der Waals surface area contributed by atoms with E-state index in [2.05, 4.69) is 6.07 Å². The van der Waals surface area contributed by atoms with Gasteiger partial charge in [-0.2, -0.15) is 37.4 Å². The van der Waals surface area contributed by atoms with Crippen LogP contribution in [0, 0.1) is 13.0 Å². The summed E-state index contributed by atoms with van der Waals surface area (Å²) in [5, 5.41) is 0. The number of anilines is 1. The van der Waals surface area contributed by atoms with Gasteiger partial charge >= 0.3 is 64.4 Å². The van der Waals surface area contributed by atoms with Crippen molar-refractivity contribution in [3.8, 4) is 0 Å². The van der Waals surface area contributed by atoms with E-state index in [0.29, 0.717) is 11.6 Å². The standard InChI is InChI=1S/C22H17F5NO2.Rb/c1-13-7-8-19-16(11-13)18(12-14(2)29)21(23,24)9-10-28(19)20(30)15-5-3-4-6-17(15)22(25,26)27;/h3,5-8,11-12H,9-10H2,1-2H3;/q-1;+1/b18-12-;. The van der Waals surface area contributed by atoms with Crippen LogP contribution < -0.4 is 63.1 Å². The largest absolute Gasteiger partial charge is 1.00 e. The molecule has 1 aliphatic rings. The van der Waals surface area contributed by atoms with Crippen molar-refractivity contribution >= 4 is 23.0 Å². The second-order valence-electron chi connectivity index (χ2n) is 7.07. The molecule has 0 unspecified atom stereocenters. The number of hydrogen-bond donors (Lipinski definition) is 0. The maximum Gasteiger partial charge on any atom is 1.00 e. The van der Waals surface area contributed by atoms with Crippen LogP contribution in [0.2, 0.25) is 0 Å². The molecule has 0 aliphatic carbocycles. The smallest absolute Gasteiger partial charge is 0.309 e.